The normalized spacial score (nSPS) is 22.4. The van der Waals surface area contributed by atoms with Gasteiger partial charge in [0, 0.05) is 6.04 Å². The van der Waals surface area contributed by atoms with Crippen LogP contribution in [-0.4, -0.2) is 55.4 Å². The highest BCUT2D eigenvalue weighted by Crippen LogP contribution is 2.23. The van der Waals surface area contributed by atoms with E-state index in [1.165, 1.54) is 12.3 Å². The number of aromatic amines is 1. The van der Waals surface area contributed by atoms with Crippen molar-refractivity contribution in [2.45, 2.75) is 17.5 Å². The first-order valence-electron chi connectivity index (χ1n) is 5.52. The maximum atomic E-state index is 12.3. The molecule has 2 rings (SSSR count). The second-order valence-corrected chi connectivity index (χ2v) is 8.32. The summed E-state index contributed by atoms with van der Waals surface area (Å²) in [7, 11) is -7.03. The summed E-state index contributed by atoms with van der Waals surface area (Å²) in [5.74, 6) is 2.05. The molecule has 0 aliphatic carbocycles. The van der Waals surface area contributed by atoms with Crippen molar-refractivity contribution in [3.05, 3.63) is 12.3 Å². The van der Waals surface area contributed by atoms with E-state index in [-0.39, 0.29) is 29.5 Å². The van der Waals surface area contributed by atoms with Gasteiger partial charge in [-0.2, -0.15) is 9.40 Å². The van der Waals surface area contributed by atoms with Crippen LogP contribution in [0, 0.1) is 12.3 Å². The fraction of sp³-hybridized carbons (Fsp3) is 0.500. The number of nitrogens with zero attached hydrogens (tertiary/aromatic N) is 2. The molecule has 0 radical (unpaired) electrons. The van der Waals surface area contributed by atoms with Gasteiger partial charge >= 0.3 is 0 Å². The largest absolute Gasteiger partial charge is 0.266 e. The van der Waals surface area contributed by atoms with E-state index in [1.807, 2.05) is 0 Å². The number of sulfonamides is 1. The molecule has 19 heavy (non-hydrogen) atoms. The highest BCUT2D eigenvalue weighted by molar-refractivity contribution is 7.92. The van der Waals surface area contributed by atoms with Gasteiger partial charge in [0.15, 0.2) is 14.9 Å². The molecule has 1 saturated heterocycles. The Hall–Kier alpha value is -1.37. The van der Waals surface area contributed by atoms with E-state index >= 15 is 0 Å². The van der Waals surface area contributed by atoms with Crippen LogP contribution in [0.1, 0.15) is 6.42 Å². The van der Waals surface area contributed by atoms with Crippen LogP contribution in [0.25, 0.3) is 0 Å². The number of hydrogen-bond donors (Lipinski definition) is 1. The second kappa shape index (κ2) is 4.96. The van der Waals surface area contributed by atoms with E-state index in [9.17, 15) is 16.8 Å². The van der Waals surface area contributed by atoms with Crippen LogP contribution in [0.2, 0.25) is 0 Å². The summed E-state index contributed by atoms with van der Waals surface area (Å²) in [5.41, 5.74) is 0. The van der Waals surface area contributed by atoms with Gasteiger partial charge in [-0.05, 0) is 12.5 Å². The fourth-order valence-electron chi connectivity index (χ4n) is 2.02. The molecule has 7 nitrogen and oxygen atoms in total. The number of sulfone groups is 1. The van der Waals surface area contributed by atoms with E-state index in [0.717, 1.165) is 4.31 Å². The summed E-state index contributed by atoms with van der Waals surface area (Å²) in [6.07, 6.45) is 6.76. The van der Waals surface area contributed by atoms with Crippen molar-refractivity contribution >= 4 is 19.9 Å². The molecule has 1 aromatic rings. The van der Waals surface area contributed by atoms with Gasteiger partial charge < -0.3 is 0 Å². The first-order valence-corrected chi connectivity index (χ1v) is 8.78. The third kappa shape index (κ3) is 2.80. The lowest BCUT2D eigenvalue weighted by Crippen LogP contribution is -2.41. The lowest BCUT2D eigenvalue weighted by molar-refractivity contribution is 0.369. The maximum Gasteiger partial charge on any atom is 0.261 e. The highest BCUT2D eigenvalue weighted by atomic mass is 32.2. The topological polar surface area (TPSA) is 100 Å². The molecule has 9 heteroatoms. The van der Waals surface area contributed by atoms with Gasteiger partial charge in [-0.25, -0.2) is 16.8 Å². The van der Waals surface area contributed by atoms with Crippen molar-refractivity contribution < 1.29 is 16.8 Å². The lowest BCUT2D eigenvalue weighted by Gasteiger charge is -2.24. The van der Waals surface area contributed by atoms with Gasteiger partial charge in [0.2, 0.25) is 0 Å². The molecule has 1 aromatic heterocycles. The van der Waals surface area contributed by atoms with Gasteiger partial charge in [0.25, 0.3) is 10.0 Å². The highest BCUT2D eigenvalue weighted by Gasteiger charge is 2.38. The Morgan fingerprint density at radius 2 is 2.32 bits per heavy atom. The summed E-state index contributed by atoms with van der Waals surface area (Å²) >= 11 is 0. The molecule has 1 aliphatic heterocycles. The zero-order valence-corrected chi connectivity index (χ0v) is 11.6. The molecular weight excluding hydrogens is 290 g/mol. The van der Waals surface area contributed by atoms with E-state index in [4.69, 9.17) is 6.42 Å². The molecule has 104 valence electrons. The Kier molecular flexibility index (Phi) is 3.66. The molecule has 0 bridgehead atoms. The Labute approximate surface area is 112 Å². The molecule has 1 aliphatic rings. The average Bonchev–Trinajstić information content (AvgIpc) is 2.95. The molecule has 1 atom stereocenters. The monoisotopic (exact) mass is 303 g/mol. The Bertz CT molecular complexity index is 686. The molecule has 2 heterocycles. The zero-order valence-electron chi connectivity index (χ0n) is 9.98. The predicted molar refractivity (Wildman–Crippen MR) is 68.4 cm³/mol. The van der Waals surface area contributed by atoms with Crippen molar-refractivity contribution in [1.82, 2.24) is 14.5 Å². The van der Waals surface area contributed by atoms with Crippen molar-refractivity contribution in [3.8, 4) is 12.3 Å². The third-order valence-corrected chi connectivity index (χ3v) is 6.50. The van der Waals surface area contributed by atoms with Gasteiger partial charge in [-0.1, -0.05) is 5.92 Å². The smallest absolute Gasteiger partial charge is 0.261 e. The van der Waals surface area contributed by atoms with Crippen LogP contribution < -0.4 is 0 Å². The number of H-pyrrole nitrogens is 1. The molecule has 1 unspecified atom stereocenters. The summed E-state index contributed by atoms with van der Waals surface area (Å²) < 4.78 is 48.7. The minimum absolute atomic E-state index is 0.0166. The average molecular weight is 303 g/mol. The third-order valence-electron chi connectivity index (χ3n) is 2.92. The molecule has 0 aromatic carbocycles. The summed E-state index contributed by atoms with van der Waals surface area (Å²) in [6.45, 7) is -0.165. The Morgan fingerprint density at radius 1 is 1.58 bits per heavy atom. The quantitative estimate of drug-likeness (QED) is 0.736. The van der Waals surface area contributed by atoms with Crippen molar-refractivity contribution in [1.29, 1.82) is 0 Å². The van der Waals surface area contributed by atoms with E-state index < -0.39 is 25.9 Å². The number of hydrogen-bond acceptors (Lipinski definition) is 5. The van der Waals surface area contributed by atoms with Crippen LogP contribution in [0.4, 0.5) is 0 Å². The number of rotatable bonds is 4. The minimum Gasteiger partial charge on any atom is -0.266 e. The van der Waals surface area contributed by atoms with Crippen LogP contribution >= 0.6 is 0 Å². The lowest BCUT2D eigenvalue weighted by atomic mass is 10.3. The van der Waals surface area contributed by atoms with E-state index in [2.05, 4.69) is 16.1 Å². The molecular formula is C10H13N3O4S2. The van der Waals surface area contributed by atoms with Crippen LogP contribution in [0.5, 0.6) is 0 Å². The fourth-order valence-corrected chi connectivity index (χ4v) is 5.31. The summed E-state index contributed by atoms with van der Waals surface area (Å²) in [5, 5.41) is 5.86. The van der Waals surface area contributed by atoms with E-state index in [1.54, 1.807) is 0 Å². The summed E-state index contributed by atoms with van der Waals surface area (Å²) in [4.78, 5) is 0. The molecule has 0 saturated carbocycles. The van der Waals surface area contributed by atoms with E-state index in [0.29, 0.717) is 0 Å². The van der Waals surface area contributed by atoms with Crippen LogP contribution in [0.15, 0.2) is 17.3 Å². The standard InChI is InChI=1S/C10H13N3O4S2/c1-2-6-13(9-4-7-18(14,15)8-9)19(16,17)10-3-5-11-12-10/h1,3,5,9H,4,6-8H2,(H,11,12). The van der Waals surface area contributed by atoms with Gasteiger partial charge in [0.05, 0.1) is 24.2 Å². The molecule has 0 amide bonds. The van der Waals surface area contributed by atoms with Gasteiger partial charge in [0.1, 0.15) is 0 Å². The Balaban J connectivity index is 2.35. The van der Waals surface area contributed by atoms with Crippen LogP contribution in [-0.2, 0) is 19.9 Å². The first-order chi connectivity index (χ1) is 8.87. The number of aromatic nitrogens is 2. The van der Waals surface area contributed by atoms with Crippen LogP contribution in [0.3, 0.4) is 0 Å². The van der Waals surface area contributed by atoms with Crippen molar-refractivity contribution in [3.63, 3.8) is 0 Å². The number of terminal acetylenes is 1. The summed E-state index contributed by atoms with van der Waals surface area (Å²) in [6, 6.07) is 0.691. The van der Waals surface area contributed by atoms with Crippen molar-refractivity contribution in [2.75, 3.05) is 18.1 Å². The minimum atomic E-state index is -3.85. The molecule has 0 spiro atoms. The maximum absolute atomic E-state index is 12.3. The first kappa shape index (κ1) is 14.0. The van der Waals surface area contributed by atoms with Crippen molar-refractivity contribution in [2.24, 2.45) is 0 Å². The second-order valence-electron chi connectivity index (χ2n) is 4.23. The SMILES string of the molecule is C#CCN(C1CCS(=O)(=O)C1)S(=O)(=O)c1ccn[nH]1. The molecule has 1 N–H and O–H groups in total. The predicted octanol–water partition coefficient (Wildman–Crippen LogP) is -0.779. The number of nitrogens with one attached hydrogen (secondary N) is 1. The van der Waals surface area contributed by atoms with Gasteiger partial charge in [-0.3, -0.25) is 5.10 Å². The Morgan fingerprint density at radius 3 is 2.79 bits per heavy atom. The molecule has 1 fully saturated rings. The zero-order chi connectivity index (χ0) is 14.1. The van der Waals surface area contributed by atoms with Gasteiger partial charge in [-0.15, -0.1) is 6.42 Å².